The Bertz CT molecular complexity index is 274. The van der Waals surface area contributed by atoms with Gasteiger partial charge in [-0.15, -0.1) is 0 Å². The molecular weight excluding hydrogens is 228 g/mol. The van der Waals surface area contributed by atoms with Gasteiger partial charge in [-0.3, -0.25) is 0 Å². The monoisotopic (exact) mass is 260 g/mol. The Balaban J connectivity index is 1.59. The average molecular weight is 260 g/mol. The number of rotatable bonds is 2. The van der Waals surface area contributed by atoms with Gasteiger partial charge in [-0.05, 0) is 67.6 Å². The third-order valence-corrected chi connectivity index (χ3v) is 7.57. The van der Waals surface area contributed by atoms with Crippen molar-refractivity contribution in [1.29, 1.82) is 0 Å². The van der Waals surface area contributed by atoms with Crippen LogP contribution in [0.4, 0.5) is 0 Å². The molecule has 0 amide bonds. The molecule has 0 aromatic rings. The molecule has 4 saturated carbocycles. The molecule has 0 unspecified atom stereocenters. The van der Waals surface area contributed by atoms with E-state index in [0.717, 1.165) is 17.3 Å². The van der Waals surface area contributed by atoms with E-state index in [1.807, 2.05) is 0 Å². The quantitative estimate of drug-likeness (QED) is 0.575. The largest absolute Gasteiger partial charge is 0.0533 e. The molecule has 0 saturated heterocycles. The van der Waals surface area contributed by atoms with Crippen LogP contribution < -0.4 is 0 Å². The molecule has 0 spiro atoms. The molecule has 0 bridgehead atoms. The molecule has 0 radical (unpaired) electrons. The number of hydrogen-bond donors (Lipinski definition) is 0. The Labute approximate surface area is 119 Å². The molecule has 19 heavy (non-hydrogen) atoms. The van der Waals surface area contributed by atoms with Crippen molar-refractivity contribution in [2.24, 2.45) is 29.1 Å². The number of hydrogen-bond acceptors (Lipinski definition) is 0. The SMILES string of the molecule is C1CCC(C2(C3CCCCC3)[C@H]3CCCC[C@@H]32)CC1. The number of fused-ring (bicyclic) bond motifs is 1. The molecule has 2 atom stereocenters. The van der Waals surface area contributed by atoms with Crippen LogP contribution in [0.15, 0.2) is 0 Å². The lowest BCUT2D eigenvalue weighted by atomic mass is 9.65. The lowest BCUT2D eigenvalue weighted by Gasteiger charge is -2.40. The zero-order valence-electron chi connectivity index (χ0n) is 12.7. The van der Waals surface area contributed by atoms with Crippen LogP contribution in [0.1, 0.15) is 89.9 Å². The van der Waals surface area contributed by atoms with Crippen molar-refractivity contribution in [3.8, 4) is 0 Å². The van der Waals surface area contributed by atoms with E-state index < -0.39 is 0 Å². The van der Waals surface area contributed by atoms with Gasteiger partial charge in [0.05, 0.1) is 0 Å². The van der Waals surface area contributed by atoms with E-state index in [1.54, 1.807) is 77.0 Å². The molecule has 0 nitrogen and oxygen atoms in total. The first-order valence-corrected chi connectivity index (χ1v) is 9.44. The summed E-state index contributed by atoms with van der Waals surface area (Å²) in [5.41, 5.74) is 0.886. The Morgan fingerprint density at radius 2 is 0.789 bits per heavy atom. The van der Waals surface area contributed by atoms with E-state index in [0.29, 0.717) is 0 Å². The normalized spacial score (nSPS) is 39.8. The van der Waals surface area contributed by atoms with Gasteiger partial charge in [0.2, 0.25) is 0 Å². The molecule has 0 heteroatoms. The van der Waals surface area contributed by atoms with Crippen molar-refractivity contribution < 1.29 is 0 Å². The topological polar surface area (TPSA) is 0 Å². The minimum atomic E-state index is 0.886. The smallest absolute Gasteiger partial charge is 0.0179 e. The molecule has 0 aromatic carbocycles. The van der Waals surface area contributed by atoms with Crippen LogP contribution in [-0.4, -0.2) is 0 Å². The summed E-state index contributed by atoms with van der Waals surface area (Å²) in [5, 5.41) is 0. The highest BCUT2D eigenvalue weighted by atomic mass is 14.7. The summed E-state index contributed by atoms with van der Waals surface area (Å²) in [6.07, 6.45) is 22.0. The highest BCUT2D eigenvalue weighted by Crippen LogP contribution is 2.75. The van der Waals surface area contributed by atoms with E-state index in [1.165, 1.54) is 24.7 Å². The van der Waals surface area contributed by atoms with Gasteiger partial charge in [0.25, 0.3) is 0 Å². The molecule has 4 aliphatic rings. The Morgan fingerprint density at radius 3 is 1.21 bits per heavy atom. The third kappa shape index (κ3) is 1.92. The van der Waals surface area contributed by atoms with Crippen LogP contribution in [0.2, 0.25) is 0 Å². The lowest BCUT2D eigenvalue weighted by Crippen LogP contribution is -2.32. The Kier molecular flexibility index (Phi) is 3.40. The first kappa shape index (κ1) is 12.7. The summed E-state index contributed by atoms with van der Waals surface area (Å²) < 4.78 is 0. The van der Waals surface area contributed by atoms with Crippen molar-refractivity contribution in [2.45, 2.75) is 89.9 Å². The molecule has 0 heterocycles. The second-order valence-corrected chi connectivity index (χ2v) is 8.17. The maximum Gasteiger partial charge on any atom is -0.0179 e. The maximum atomic E-state index is 1.61. The van der Waals surface area contributed by atoms with Crippen LogP contribution in [0.25, 0.3) is 0 Å². The summed E-state index contributed by atoms with van der Waals surface area (Å²) in [6.45, 7) is 0. The minimum absolute atomic E-state index is 0.886. The molecular formula is C19H32. The van der Waals surface area contributed by atoms with Crippen molar-refractivity contribution in [1.82, 2.24) is 0 Å². The Morgan fingerprint density at radius 1 is 0.421 bits per heavy atom. The molecule has 0 aliphatic heterocycles. The van der Waals surface area contributed by atoms with Crippen molar-refractivity contribution >= 4 is 0 Å². The summed E-state index contributed by atoms with van der Waals surface area (Å²) in [7, 11) is 0. The second kappa shape index (κ2) is 5.08. The van der Waals surface area contributed by atoms with Crippen molar-refractivity contribution in [3.05, 3.63) is 0 Å². The summed E-state index contributed by atoms with van der Waals surface area (Å²) in [6, 6.07) is 0. The van der Waals surface area contributed by atoms with Gasteiger partial charge in [-0.1, -0.05) is 51.4 Å². The van der Waals surface area contributed by atoms with Gasteiger partial charge in [0.15, 0.2) is 0 Å². The Hall–Kier alpha value is 0. The minimum Gasteiger partial charge on any atom is -0.0533 e. The van der Waals surface area contributed by atoms with Gasteiger partial charge in [0.1, 0.15) is 0 Å². The van der Waals surface area contributed by atoms with Gasteiger partial charge in [0, 0.05) is 0 Å². The molecule has 4 aliphatic carbocycles. The fourth-order valence-corrected chi connectivity index (χ4v) is 6.97. The van der Waals surface area contributed by atoms with E-state index in [9.17, 15) is 0 Å². The van der Waals surface area contributed by atoms with Crippen LogP contribution in [0.5, 0.6) is 0 Å². The van der Waals surface area contributed by atoms with E-state index in [4.69, 9.17) is 0 Å². The lowest BCUT2D eigenvalue weighted by molar-refractivity contribution is 0.0933. The molecule has 4 rings (SSSR count). The zero-order chi connectivity index (χ0) is 12.7. The van der Waals surface area contributed by atoms with Gasteiger partial charge < -0.3 is 0 Å². The van der Waals surface area contributed by atoms with Gasteiger partial charge >= 0.3 is 0 Å². The van der Waals surface area contributed by atoms with E-state index in [-0.39, 0.29) is 0 Å². The molecule has 0 aromatic heterocycles. The van der Waals surface area contributed by atoms with Crippen molar-refractivity contribution in [3.63, 3.8) is 0 Å². The van der Waals surface area contributed by atoms with E-state index in [2.05, 4.69) is 0 Å². The second-order valence-electron chi connectivity index (χ2n) is 8.17. The van der Waals surface area contributed by atoms with E-state index >= 15 is 0 Å². The summed E-state index contributed by atoms with van der Waals surface area (Å²) >= 11 is 0. The predicted octanol–water partition coefficient (Wildman–Crippen LogP) is 5.95. The zero-order valence-corrected chi connectivity index (χ0v) is 12.7. The summed E-state index contributed by atoms with van der Waals surface area (Å²) in [4.78, 5) is 0. The highest BCUT2D eigenvalue weighted by molar-refractivity contribution is 5.17. The van der Waals surface area contributed by atoms with Crippen LogP contribution >= 0.6 is 0 Å². The fraction of sp³-hybridized carbons (Fsp3) is 1.00. The first-order chi connectivity index (χ1) is 9.44. The molecule has 4 fully saturated rings. The highest BCUT2D eigenvalue weighted by Gasteiger charge is 2.69. The van der Waals surface area contributed by atoms with Crippen LogP contribution in [0, 0.1) is 29.1 Å². The molecule has 108 valence electrons. The standard InChI is InChI=1S/C19H32/c1-3-9-15(10-4-1)19(16-11-5-2-6-12-16)17-13-7-8-14-18(17)19/h15-18H,1-14H2/t17-,18-/m0/s1. The van der Waals surface area contributed by atoms with Gasteiger partial charge in [-0.2, -0.15) is 0 Å². The first-order valence-electron chi connectivity index (χ1n) is 9.44. The predicted molar refractivity (Wildman–Crippen MR) is 81.0 cm³/mol. The summed E-state index contributed by atoms with van der Waals surface area (Å²) in [5.74, 6) is 4.68. The fourth-order valence-electron chi connectivity index (χ4n) is 6.97. The third-order valence-electron chi connectivity index (χ3n) is 7.57. The van der Waals surface area contributed by atoms with Crippen molar-refractivity contribution in [2.75, 3.05) is 0 Å². The molecule has 0 N–H and O–H groups in total. The van der Waals surface area contributed by atoms with Crippen LogP contribution in [0.3, 0.4) is 0 Å². The average Bonchev–Trinajstić information content (AvgIpc) is 3.19. The maximum absolute atomic E-state index is 1.61. The van der Waals surface area contributed by atoms with Gasteiger partial charge in [-0.25, -0.2) is 0 Å². The van der Waals surface area contributed by atoms with Crippen LogP contribution in [-0.2, 0) is 0 Å².